The lowest BCUT2D eigenvalue weighted by atomic mass is 9.97. The average molecular weight is 260 g/mol. The number of thiophene rings is 1. The van der Waals surface area contributed by atoms with Gasteiger partial charge in [-0.15, -0.1) is 11.3 Å². The van der Waals surface area contributed by atoms with E-state index in [-0.39, 0.29) is 12.3 Å². The third kappa shape index (κ3) is 3.44. The van der Waals surface area contributed by atoms with Crippen LogP contribution >= 0.6 is 11.3 Å². The quantitative estimate of drug-likeness (QED) is 0.880. The summed E-state index contributed by atoms with van der Waals surface area (Å²) in [5.74, 6) is -0.548. The van der Waals surface area contributed by atoms with Crippen LogP contribution in [0.25, 0.3) is 10.4 Å². The summed E-state index contributed by atoms with van der Waals surface area (Å²) in [6.07, 6.45) is 1.05. The third-order valence-electron chi connectivity index (χ3n) is 2.87. The fraction of sp³-hybridized carbons (Fsp3) is 0.267. The number of hydrogen-bond acceptors (Lipinski definition) is 2. The van der Waals surface area contributed by atoms with Gasteiger partial charge in [0.15, 0.2) is 0 Å². The van der Waals surface area contributed by atoms with Crippen LogP contribution in [0, 0.1) is 5.92 Å². The number of hydrogen-bond donors (Lipinski definition) is 1. The number of carbonyl (C=O) groups is 1. The first-order valence-electron chi connectivity index (χ1n) is 6.00. The first-order valence-corrected chi connectivity index (χ1v) is 6.87. The Hall–Kier alpha value is -1.61. The van der Waals surface area contributed by atoms with Crippen LogP contribution in [-0.2, 0) is 11.2 Å². The maximum atomic E-state index is 10.6. The molecule has 3 heteroatoms. The molecule has 1 N–H and O–H groups in total. The molecule has 1 heterocycles. The second-order valence-corrected chi connectivity index (χ2v) is 5.53. The van der Waals surface area contributed by atoms with Gasteiger partial charge in [0.1, 0.15) is 0 Å². The van der Waals surface area contributed by atoms with Crippen molar-refractivity contribution in [3.8, 4) is 10.4 Å². The van der Waals surface area contributed by atoms with Crippen molar-refractivity contribution in [1.82, 2.24) is 0 Å². The molecule has 0 saturated heterocycles. The molecule has 0 aliphatic rings. The van der Waals surface area contributed by atoms with Gasteiger partial charge in [0.05, 0.1) is 0 Å². The molecule has 0 spiro atoms. The van der Waals surface area contributed by atoms with E-state index < -0.39 is 5.97 Å². The lowest BCUT2D eigenvalue weighted by Gasteiger charge is -2.09. The van der Waals surface area contributed by atoms with E-state index in [1.807, 2.05) is 13.0 Å². The van der Waals surface area contributed by atoms with Gasteiger partial charge < -0.3 is 5.11 Å². The third-order valence-corrected chi connectivity index (χ3v) is 3.79. The summed E-state index contributed by atoms with van der Waals surface area (Å²) in [4.78, 5) is 11.9. The van der Waals surface area contributed by atoms with Gasteiger partial charge in [0.25, 0.3) is 0 Å². The van der Waals surface area contributed by atoms with Gasteiger partial charge in [-0.2, -0.15) is 0 Å². The van der Waals surface area contributed by atoms with E-state index in [0.717, 1.165) is 6.42 Å². The fourth-order valence-electron chi connectivity index (χ4n) is 2.02. The van der Waals surface area contributed by atoms with Crippen LogP contribution in [0.2, 0.25) is 0 Å². The van der Waals surface area contributed by atoms with Crippen LogP contribution in [-0.4, -0.2) is 11.1 Å². The Morgan fingerprint density at radius 3 is 2.56 bits per heavy atom. The average Bonchev–Trinajstić information content (AvgIpc) is 2.82. The highest BCUT2D eigenvalue weighted by molar-refractivity contribution is 7.13. The molecule has 0 bridgehead atoms. The van der Waals surface area contributed by atoms with Gasteiger partial charge in [0, 0.05) is 11.3 Å². The van der Waals surface area contributed by atoms with E-state index >= 15 is 0 Å². The number of benzene rings is 1. The minimum Gasteiger partial charge on any atom is -0.481 e. The molecule has 1 atom stereocenters. The maximum absolute atomic E-state index is 10.6. The van der Waals surface area contributed by atoms with Gasteiger partial charge in [-0.1, -0.05) is 37.3 Å². The second kappa shape index (κ2) is 5.83. The molecule has 18 heavy (non-hydrogen) atoms. The molecule has 2 nitrogen and oxygen atoms in total. The first kappa shape index (κ1) is 12.8. The smallest absolute Gasteiger partial charge is 0.303 e. The molecule has 0 aliphatic carbocycles. The number of rotatable bonds is 5. The Morgan fingerprint density at radius 1 is 1.28 bits per heavy atom. The van der Waals surface area contributed by atoms with Crippen LogP contribution in [0.5, 0.6) is 0 Å². The van der Waals surface area contributed by atoms with Crippen molar-refractivity contribution in [3.63, 3.8) is 0 Å². The van der Waals surface area contributed by atoms with E-state index in [2.05, 4.69) is 35.7 Å². The first-order chi connectivity index (χ1) is 8.65. The predicted molar refractivity (Wildman–Crippen MR) is 74.9 cm³/mol. The minimum absolute atomic E-state index is 0.176. The molecule has 0 amide bonds. The predicted octanol–water partition coefficient (Wildman–Crippen LogP) is 4.07. The van der Waals surface area contributed by atoms with E-state index in [1.165, 1.54) is 16.0 Å². The van der Waals surface area contributed by atoms with Gasteiger partial charge in [-0.3, -0.25) is 4.79 Å². The van der Waals surface area contributed by atoms with Crippen LogP contribution < -0.4 is 0 Å². The lowest BCUT2D eigenvalue weighted by Crippen LogP contribution is -2.06. The molecule has 1 unspecified atom stereocenters. The normalized spacial score (nSPS) is 12.3. The number of carboxylic acid groups (broad SMARTS) is 1. The Kier molecular flexibility index (Phi) is 4.15. The fourth-order valence-corrected chi connectivity index (χ4v) is 2.75. The summed E-state index contributed by atoms with van der Waals surface area (Å²) in [7, 11) is 0. The highest BCUT2D eigenvalue weighted by Gasteiger charge is 2.08. The highest BCUT2D eigenvalue weighted by atomic mass is 32.1. The molecule has 2 rings (SSSR count). The van der Waals surface area contributed by atoms with E-state index in [4.69, 9.17) is 5.11 Å². The summed E-state index contributed by atoms with van der Waals surface area (Å²) in [6.45, 7) is 1.97. The monoisotopic (exact) mass is 260 g/mol. The largest absolute Gasteiger partial charge is 0.481 e. The Bertz CT molecular complexity index is 500. The van der Waals surface area contributed by atoms with Crippen molar-refractivity contribution >= 4 is 17.3 Å². The van der Waals surface area contributed by atoms with Gasteiger partial charge in [0.2, 0.25) is 0 Å². The summed E-state index contributed by atoms with van der Waals surface area (Å²) in [5.41, 5.74) is 2.42. The summed E-state index contributed by atoms with van der Waals surface area (Å²) >= 11 is 1.73. The standard InChI is InChI=1S/C15H16O2S/c1-11(10-15(16)17)9-12-4-6-13(7-5-12)14-3-2-8-18-14/h2-8,11H,9-10H2,1H3,(H,16,17). The van der Waals surface area contributed by atoms with Gasteiger partial charge in [-0.25, -0.2) is 0 Å². The van der Waals surface area contributed by atoms with E-state index in [9.17, 15) is 4.79 Å². The van der Waals surface area contributed by atoms with Gasteiger partial charge >= 0.3 is 5.97 Å². The van der Waals surface area contributed by atoms with Crippen molar-refractivity contribution < 1.29 is 9.90 Å². The van der Waals surface area contributed by atoms with Crippen molar-refractivity contribution in [2.75, 3.05) is 0 Å². The second-order valence-electron chi connectivity index (χ2n) is 4.58. The van der Waals surface area contributed by atoms with Crippen LogP contribution in [0.4, 0.5) is 0 Å². The van der Waals surface area contributed by atoms with E-state index in [1.54, 1.807) is 11.3 Å². The van der Waals surface area contributed by atoms with E-state index in [0.29, 0.717) is 0 Å². The van der Waals surface area contributed by atoms with Crippen molar-refractivity contribution in [2.45, 2.75) is 19.8 Å². The van der Waals surface area contributed by atoms with Crippen LogP contribution in [0.1, 0.15) is 18.9 Å². The Morgan fingerprint density at radius 2 is 2.00 bits per heavy atom. The van der Waals surface area contributed by atoms with Crippen molar-refractivity contribution in [1.29, 1.82) is 0 Å². The number of carboxylic acids is 1. The molecule has 0 fully saturated rings. The molecule has 94 valence electrons. The topological polar surface area (TPSA) is 37.3 Å². The molecular weight excluding hydrogens is 244 g/mol. The number of aliphatic carboxylic acids is 1. The Labute approximate surface area is 111 Å². The Balaban J connectivity index is 2.02. The molecule has 0 radical (unpaired) electrons. The van der Waals surface area contributed by atoms with Crippen molar-refractivity contribution in [2.24, 2.45) is 5.92 Å². The summed E-state index contributed by atoms with van der Waals surface area (Å²) in [6, 6.07) is 12.5. The zero-order valence-electron chi connectivity index (χ0n) is 10.3. The molecule has 1 aromatic carbocycles. The molecule has 2 aromatic rings. The molecule has 0 saturated carbocycles. The van der Waals surface area contributed by atoms with Crippen LogP contribution in [0.15, 0.2) is 41.8 Å². The lowest BCUT2D eigenvalue weighted by molar-refractivity contribution is -0.137. The maximum Gasteiger partial charge on any atom is 0.303 e. The highest BCUT2D eigenvalue weighted by Crippen LogP contribution is 2.25. The zero-order chi connectivity index (χ0) is 13.0. The van der Waals surface area contributed by atoms with Crippen LogP contribution in [0.3, 0.4) is 0 Å². The minimum atomic E-state index is -0.724. The molecular formula is C15H16O2S. The summed E-state index contributed by atoms with van der Waals surface area (Å²) in [5, 5.41) is 10.8. The van der Waals surface area contributed by atoms with Gasteiger partial charge in [-0.05, 0) is 34.9 Å². The zero-order valence-corrected chi connectivity index (χ0v) is 11.1. The summed E-state index contributed by atoms with van der Waals surface area (Å²) < 4.78 is 0. The molecule has 1 aromatic heterocycles. The molecule has 0 aliphatic heterocycles. The SMILES string of the molecule is CC(CC(=O)O)Cc1ccc(-c2cccs2)cc1. The van der Waals surface area contributed by atoms with Crippen molar-refractivity contribution in [3.05, 3.63) is 47.3 Å².